The van der Waals surface area contributed by atoms with Crippen LogP contribution in [0.3, 0.4) is 0 Å². The van der Waals surface area contributed by atoms with Gasteiger partial charge in [0.2, 0.25) is 10.0 Å². The van der Waals surface area contributed by atoms with Gasteiger partial charge in [0.25, 0.3) is 5.91 Å². The van der Waals surface area contributed by atoms with Crippen molar-refractivity contribution in [1.82, 2.24) is 9.62 Å². The fourth-order valence-corrected chi connectivity index (χ4v) is 4.57. The van der Waals surface area contributed by atoms with Crippen LogP contribution < -0.4 is 15.2 Å². The molecule has 0 aromatic heterocycles. The number of carbonyl (C=O) groups is 1. The Balaban J connectivity index is 0.00000364. The highest BCUT2D eigenvalue weighted by atomic mass is 35.5. The number of nitrogens with zero attached hydrogens (tertiary/aromatic N) is 1. The summed E-state index contributed by atoms with van der Waals surface area (Å²) in [6.07, 6.45) is 0.717. The Morgan fingerprint density at radius 2 is 2.00 bits per heavy atom. The molecule has 1 aliphatic heterocycles. The van der Waals surface area contributed by atoms with Gasteiger partial charge in [-0.2, -0.15) is 0 Å². The van der Waals surface area contributed by atoms with Gasteiger partial charge in [0.05, 0.1) is 7.11 Å². The van der Waals surface area contributed by atoms with E-state index < -0.39 is 10.0 Å². The lowest BCUT2D eigenvalue weighted by molar-refractivity contribution is 0.0532. The van der Waals surface area contributed by atoms with Crippen molar-refractivity contribution in [1.29, 1.82) is 0 Å². The predicted molar refractivity (Wildman–Crippen MR) is 108 cm³/mol. The molecule has 1 aromatic rings. The molecule has 154 valence electrons. The molecule has 2 rings (SSSR count). The Hall–Kier alpha value is -1.35. The quantitative estimate of drug-likeness (QED) is 0.759. The van der Waals surface area contributed by atoms with Crippen LogP contribution in [0.2, 0.25) is 0 Å². The van der Waals surface area contributed by atoms with E-state index in [-0.39, 0.29) is 46.5 Å². The molecule has 0 saturated carbocycles. The van der Waals surface area contributed by atoms with Crippen molar-refractivity contribution in [3.8, 4) is 5.75 Å². The number of benzene rings is 1. The Morgan fingerprint density at radius 1 is 1.37 bits per heavy atom. The minimum atomic E-state index is -3.79. The third-order valence-electron chi connectivity index (χ3n) is 4.69. The lowest BCUT2D eigenvalue weighted by Crippen LogP contribution is -2.54. The summed E-state index contributed by atoms with van der Waals surface area (Å²) in [4.78, 5) is 14.6. The molecule has 9 heteroatoms. The number of sulfonamides is 1. The molecule has 1 aromatic carbocycles. The first kappa shape index (κ1) is 23.7. The van der Waals surface area contributed by atoms with Gasteiger partial charge in [0.15, 0.2) is 0 Å². The number of nitrogens with one attached hydrogen (secondary N) is 1. The van der Waals surface area contributed by atoms with E-state index in [4.69, 9.17) is 10.5 Å². The highest BCUT2D eigenvalue weighted by Crippen LogP contribution is 2.30. The van der Waals surface area contributed by atoms with Gasteiger partial charge in [-0.3, -0.25) is 4.79 Å². The molecule has 1 aliphatic rings. The summed E-state index contributed by atoms with van der Waals surface area (Å²) in [5.41, 5.74) is 6.27. The van der Waals surface area contributed by atoms with Crippen LogP contribution in [-0.2, 0) is 10.0 Å². The van der Waals surface area contributed by atoms with Gasteiger partial charge >= 0.3 is 0 Å². The summed E-state index contributed by atoms with van der Waals surface area (Å²) in [6, 6.07) is 4.26. The van der Waals surface area contributed by atoms with Crippen LogP contribution in [0, 0.1) is 5.41 Å². The molecule has 1 atom stereocenters. The van der Waals surface area contributed by atoms with Crippen molar-refractivity contribution in [3.05, 3.63) is 23.8 Å². The van der Waals surface area contributed by atoms with E-state index in [2.05, 4.69) is 4.72 Å². The molecule has 1 heterocycles. The highest BCUT2D eigenvalue weighted by Gasteiger charge is 2.36. The molecule has 1 fully saturated rings. The second-order valence-electron chi connectivity index (χ2n) is 7.75. The average molecular weight is 420 g/mol. The third kappa shape index (κ3) is 5.34. The van der Waals surface area contributed by atoms with Crippen molar-refractivity contribution in [3.63, 3.8) is 0 Å². The Bertz CT molecular complexity index is 781. The van der Waals surface area contributed by atoms with Crippen LogP contribution in [-0.4, -0.2) is 51.5 Å². The largest absolute Gasteiger partial charge is 0.495 e. The number of rotatable bonds is 5. The van der Waals surface area contributed by atoms with E-state index in [9.17, 15) is 13.2 Å². The van der Waals surface area contributed by atoms with Crippen molar-refractivity contribution in [2.45, 2.75) is 51.1 Å². The van der Waals surface area contributed by atoms with E-state index in [1.165, 1.54) is 19.2 Å². The second kappa shape index (κ2) is 8.77. The summed E-state index contributed by atoms with van der Waals surface area (Å²) in [6.45, 7) is 8.63. The zero-order valence-electron chi connectivity index (χ0n) is 16.5. The molecular weight excluding hydrogens is 390 g/mol. The van der Waals surface area contributed by atoms with Crippen molar-refractivity contribution in [2.24, 2.45) is 11.1 Å². The predicted octanol–water partition coefficient (Wildman–Crippen LogP) is 2.00. The zero-order valence-corrected chi connectivity index (χ0v) is 18.1. The first-order chi connectivity index (χ1) is 12.0. The number of amides is 1. The van der Waals surface area contributed by atoms with E-state index in [0.29, 0.717) is 18.7 Å². The van der Waals surface area contributed by atoms with Crippen molar-refractivity contribution >= 4 is 28.3 Å². The summed E-state index contributed by atoms with van der Waals surface area (Å²) >= 11 is 0. The van der Waals surface area contributed by atoms with Crippen molar-refractivity contribution in [2.75, 3.05) is 20.2 Å². The fraction of sp³-hybridized carbons (Fsp3) is 0.611. The third-order valence-corrected chi connectivity index (χ3v) is 6.37. The standard InChI is InChI=1S/C18H29N3O4S.ClH/c1-12(2)20-26(23,24)15-10-13(6-7-14(15)25-5)17(22)21-9-8-16(19)18(3,4)11-21;/h6-7,10,12,16,20H,8-9,11,19H2,1-5H3;1H. The Morgan fingerprint density at radius 3 is 2.52 bits per heavy atom. The normalized spacial score (nSPS) is 19.5. The maximum absolute atomic E-state index is 12.9. The highest BCUT2D eigenvalue weighted by molar-refractivity contribution is 7.89. The van der Waals surface area contributed by atoms with Gasteiger partial charge in [-0.1, -0.05) is 13.8 Å². The van der Waals surface area contributed by atoms with Crippen LogP contribution in [0.1, 0.15) is 44.5 Å². The lowest BCUT2D eigenvalue weighted by atomic mass is 9.79. The first-order valence-corrected chi connectivity index (χ1v) is 10.2. The van der Waals surface area contributed by atoms with Gasteiger partial charge < -0.3 is 15.4 Å². The summed E-state index contributed by atoms with van der Waals surface area (Å²) < 4.78 is 32.9. The molecule has 1 saturated heterocycles. The molecule has 0 bridgehead atoms. The number of methoxy groups -OCH3 is 1. The van der Waals surface area contributed by atoms with Gasteiger partial charge in [0, 0.05) is 30.7 Å². The van der Waals surface area contributed by atoms with E-state index >= 15 is 0 Å². The number of piperidine rings is 1. The lowest BCUT2D eigenvalue weighted by Gasteiger charge is -2.42. The number of likely N-dealkylation sites (tertiary alicyclic amines) is 1. The van der Waals surface area contributed by atoms with E-state index in [1.807, 2.05) is 13.8 Å². The molecule has 27 heavy (non-hydrogen) atoms. The fourth-order valence-electron chi connectivity index (χ4n) is 3.12. The van der Waals surface area contributed by atoms with Crippen LogP contribution in [0.15, 0.2) is 23.1 Å². The molecule has 1 unspecified atom stereocenters. The molecule has 0 aliphatic carbocycles. The first-order valence-electron chi connectivity index (χ1n) is 8.73. The maximum Gasteiger partial charge on any atom is 0.253 e. The number of ether oxygens (including phenoxy) is 1. The van der Waals surface area contributed by atoms with E-state index in [1.54, 1.807) is 24.8 Å². The van der Waals surface area contributed by atoms with Crippen molar-refractivity contribution < 1.29 is 17.9 Å². The smallest absolute Gasteiger partial charge is 0.253 e. The number of nitrogens with two attached hydrogens (primary N) is 1. The summed E-state index contributed by atoms with van der Waals surface area (Å²) in [7, 11) is -2.38. The number of hydrogen-bond donors (Lipinski definition) is 2. The van der Waals surface area contributed by atoms with E-state index in [0.717, 1.165) is 6.42 Å². The number of hydrogen-bond acceptors (Lipinski definition) is 5. The zero-order chi connectivity index (χ0) is 19.7. The topological polar surface area (TPSA) is 102 Å². The summed E-state index contributed by atoms with van der Waals surface area (Å²) in [5.74, 6) is 0.00400. The van der Waals surface area contributed by atoms with Gasteiger partial charge in [0.1, 0.15) is 10.6 Å². The van der Waals surface area contributed by atoms with Gasteiger partial charge in [-0.15, -0.1) is 12.4 Å². The van der Waals surface area contributed by atoms with Gasteiger partial charge in [-0.25, -0.2) is 13.1 Å². The molecule has 0 spiro atoms. The molecule has 0 radical (unpaired) electrons. The van der Waals surface area contributed by atoms with Crippen LogP contribution in [0.25, 0.3) is 0 Å². The molecule has 3 N–H and O–H groups in total. The molecule has 1 amide bonds. The Kier molecular flexibility index (Phi) is 7.69. The van der Waals surface area contributed by atoms with Gasteiger partial charge in [-0.05, 0) is 43.9 Å². The SMILES string of the molecule is COc1ccc(C(=O)N2CCC(N)C(C)(C)C2)cc1S(=O)(=O)NC(C)C.Cl. The summed E-state index contributed by atoms with van der Waals surface area (Å²) in [5, 5.41) is 0. The minimum Gasteiger partial charge on any atom is -0.495 e. The maximum atomic E-state index is 12.9. The monoisotopic (exact) mass is 419 g/mol. The molecule has 7 nitrogen and oxygen atoms in total. The second-order valence-corrected chi connectivity index (χ2v) is 9.43. The van der Waals surface area contributed by atoms with Crippen LogP contribution in [0.4, 0.5) is 0 Å². The Labute approximate surface area is 168 Å². The number of carbonyl (C=O) groups excluding carboxylic acids is 1. The number of halogens is 1. The molecular formula is C18H30ClN3O4S. The van der Waals surface area contributed by atoms with Crippen LogP contribution in [0.5, 0.6) is 5.75 Å². The minimum absolute atomic E-state index is 0. The van der Waals surface area contributed by atoms with Crippen LogP contribution >= 0.6 is 12.4 Å². The average Bonchev–Trinajstić information content (AvgIpc) is 2.55.